The Morgan fingerprint density at radius 1 is 1.38 bits per heavy atom. The number of hydrogen-bond donors (Lipinski definition) is 1. The Kier molecular flexibility index (Phi) is 3.61. The lowest BCUT2D eigenvalue weighted by molar-refractivity contribution is 0.630. The highest BCUT2D eigenvalue weighted by atomic mass is 32.1. The Morgan fingerprint density at radius 3 is 2.94 bits per heavy atom. The monoisotopic (exact) mass is 229 g/mol. The molecule has 1 heterocycles. The van der Waals surface area contributed by atoms with Gasteiger partial charge in [0.05, 0.1) is 0 Å². The molecule has 1 aromatic carbocycles. The Bertz CT molecular complexity index is 474. The maximum atomic E-state index is 6.14. The zero-order valence-corrected chi connectivity index (χ0v) is 9.96. The average Bonchev–Trinajstić information content (AvgIpc) is 2.73. The third-order valence-electron chi connectivity index (χ3n) is 2.65. The normalized spacial score (nSPS) is 12.5. The fourth-order valence-corrected chi connectivity index (χ4v) is 2.85. The molecule has 2 aromatic rings. The van der Waals surface area contributed by atoms with Crippen LogP contribution in [0.2, 0.25) is 0 Å². The summed E-state index contributed by atoms with van der Waals surface area (Å²) >= 11 is 1.79. The molecule has 0 bridgehead atoms. The first-order valence-electron chi connectivity index (χ1n) is 5.49. The topological polar surface area (TPSA) is 26.0 Å². The SMILES string of the molecule is C#CCCCC(N)c1cc2ccccc2s1. The van der Waals surface area contributed by atoms with E-state index in [1.54, 1.807) is 11.3 Å². The van der Waals surface area contributed by atoms with Crippen molar-refractivity contribution in [2.24, 2.45) is 5.73 Å². The van der Waals surface area contributed by atoms with Crippen LogP contribution in [0, 0.1) is 12.3 Å². The average molecular weight is 229 g/mol. The predicted molar refractivity (Wildman–Crippen MR) is 71.4 cm³/mol. The Balaban J connectivity index is 2.11. The first-order chi connectivity index (χ1) is 7.81. The van der Waals surface area contributed by atoms with Crippen LogP contribution in [0.15, 0.2) is 30.3 Å². The van der Waals surface area contributed by atoms with Crippen molar-refractivity contribution in [2.45, 2.75) is 25.3 Å². The Morgan fingerprint density at radius 2 is 2.19 bits per heavy atom. The van der Waals surface area contributed by atoms with E-state index in [0.717, 1.165) is 19.3 Å². The number of rotatable bonds is 4. The van der Waals surface area contributed by atoms with Crippen LogP contribution in [0.5, 0.6) is 0 Å². The molecule has 0 aliphatic rings. The van der Waals surface area contributed by atoms with Crippen LogP contribution >= 0.6 is 11.3 Å². The lowest BCUT2D eigenvalue weighted by atomic mass is 10.1. The maximum Gasteiger partial charge on any atom is 0.0390 e. The number of terminal acetylenes is 1. The Hall–Kier alpha value is -1.30. The molecule has 0 spiro atoms. The standard InChI is InChI=1S/C14H15NS/c1-2-3-4-8-12(15)14-10-11-7-5-6-9-13(11)16-14/h1,5-7,9-10,12H,3-4,8,15H2. The van der Waals surface area contributed by atoms with Crippen molar-refractivity contribution in [3.63, 3.8) is 0 Å². The van der Waals surface area contributed by atoms with Crippen molar-refractivity contribution < 1.29 is 0 Å². The van der Waals surface area contributed by atoms with Gasteiger partial charge in [-0.1, -0.05) is 18.2 Å². The van der Waals surface area contributed by atoms with Crippen LogP contribution in [0.3, 0.4) is 0 Å². The molecule has 0 amide bonds. The molecule has 0 aliphatic carbocycles. The van der Waals surface area contributed by atoms with Crippen LogP contribution in [-0.4, -0.2) is 0 Å². The van der Waals surface area contributed by atoms with E-state index in [0.29, 0.717) is 0 Å². The van der Waals surface area contributed by atoms with Gasteiger partial charge < -0.3 is 5.73 Å². The van der Waals surface area contributed by atoms with Crippen molar-refractivity contribution in [2.75, 3.05) is 0 Å². The first kappa shape index (κ1) is 11.2. The molecule has 2 N–H and O–H groups in total. The van der Waals surface area contributed by atoms with Crippen molar-refractivity contribution in [1.29, 1.82) is 0 Å². The molecule has 16 heavy (non-hydrogen) atoms. The second-order valence-corrected chi connectivity index (χ2v) is 5.00. The summed E-state index contributed by atoms with van der Waals surface area (Å²) in [6.45, 7) is 0. The molecule has 0 radical (unpaired) electrons. The molecule has 82 valence electrons. The van der Waals surface area contributed by atoms with E-state index in [1.165, 1.54) is 15.0 Å². The summed E-state index contributed by atoms with van der Waals surface area (Å²) in [5.41, 5.74) is 6.14. The lowest BCUT2D eigenvalue weighted by Gasteiger charge is -2.07. The molecule has 0 fully saturated rings. The zero-order valence-electron chi connectivity index (χ0n) is 9.15. The van der Waals surface area contributed by atoms with Gasteiger partial charge in [-0.15, -0.1) is 23.7 Å². The molecular formula is C14H15NS. The minimum absolute atomic E-state index is 0.130. The fourth-order valence-electron chi connectivity index (χ4n) is 1.75. The Labute approximate surface area is 100 Å². The van der Waals surface area contributed by atoms with Gasteiger partial charge in [-0.25, -0.2) is 0 Å². The van der Waals surface area contributed by atoms with Gasteiger partial charge in [0, 0.05) is 22.0 Å². The quantitative estimate of drug-likeness (QED) is 0.628. The van der Waals surface area contributed by atoms with Gasteiger partial charge in [-0.3, -0.25) is 0 Å². The minimum atomic E-state index is 0.130. The van der Waals surface area contributed by atoms with Gasteiger partial charge >= 0.3 is 0 Å². The summed E-state index contributed by atoms with van der Waals surface area (Å²) in [7, 11) is 0. The highest BCUT2D eigenvalue weighted by Crippen LogP contribution is 2.30. The summed E-state index contributed by atoms with van der Waals surface area (Å²) in [5.74, 6) is 2.65. The molecule has 1 atom stereocenters. The number of benzene rings is 1. The molecule has 1 unspecified atom stereocenters. The van der Waals surface area contributed by atoms with E-state index in [4.69, 9.17) is 12.2 Å². The second kappa shape index (κ2) is 5.16. The van der Waals surface area contributed by atoms with Crippen LogP contribution in [0.1, 0.15) is 30.2 Å². The number of unbranched alkanes of at least 4 members (excludes halogenated alkanes) is 1. The van der Waals surface area contributed by atoms with Gasteiger partial charge in [-0.05, 0) is 30.4 Å². The third-order valence-corrected chi connectivity index (χ3v) is 3.89. The zero-order chi connectivity index (χ0) is 11.4. The number of thiophene rings is 1. The lowest BCUT2D eigenvalue weighted by Crippen LogP contribution is -2.07. The number of fused-ring (bicyclic) bond motifs is 1. The van der Waals surface area contributed by atoms with E-state index in [1.807, 2.05) is 0 Å². The number of hydrogen-bond acceptors (Lipinski definition) is 2. The largest absolute Gasteiger partial charge is 0.323 e. The van der Waals surface area contributed by atoms with Gasteiger partial charge in [-0.2, -0.15) is 0 Å². The molecule has 0 saturated carbocycles. The molecule has 2 heteroatoms. The van der Waals surface area contributed by atoms with Crippen molar-refractivity contribution in [3.8, 4) is 12.3 Å². The van der Waals surface area contributed by atoms with Crippen LogP contribution < -0.4 is 5.73 Å². The van der Waals surface area contributed by atoms with Gasteiger partial charge in [0.1, 0.15) is 0 Å². The van der Waals surface area contributed by atoms with Crippen molar-refractivity contribution in [1.82, 2.24) is 0 Å². The highest BCUT2D eigenvalue weighted by molar-refractivity contribution is 7.19. The smallest absolute Gasteiger partial charge is 0.0390 e. The molecule has 0 saturated heterocycles. The second-order valence-electron chi connectivity index (χ2n) is 3.89. The third kappa shape index (κ3) is 2.44. The molecular weight excluding hydrogens is 214 g/mol. The van der Waals surface area contributed by atoms with E-state index in [2.05, 4.69) is 36.3 Å². The van der Waals surface area contributed by atoms with E-state index in [-0.39, 0.29) is 6.04 Å². The van der Waals surface area contributed by atoms with Gasteiger partial charge in [0.15, 0.2) is 0 Å². The fraction of sp³-hybridized carbons (Fsp3) is 0.286. The first-order valence-corrected chi connectivity index (χ1v) is 6.30. The van der Waals surface area contributed by atoms with Crippen LogP contribution in [0.4, 0.5) is 0 Å². The number of nitrogens with two attached hydrogens (primary N) is 1. The predicted octanol–water partition coefficient (Wildman–Crippen LogP) is 3.70. The molecule has 0 aliphatic heterocycles. The molecule has 1 aromatic heterocycles. The van der Waals surface area contributed by atoms with Crippen molar-refractivity contribution >= 4 is 21.4 Å². The van der Waals surface area contributed by atoms with E-state index in [9.17, 15) is 0 Å². The summed E-state index contributed by atoms with van der Waals surface area (Å²) in [6.07, 6.45) is 8.02. The molecule has 2 rings (SSSR count). The van der Waals surface area contributed by atoms with E-state index >= 15 is 0 Å². The molecule has 1 nitrogen and oxygen atoms in total. The highest BCUT2D eigenvalue weighted by Gasteiger charge is 2.09. The summed E-state index contributed by atoms with van der Waals surface area (Å²) < 4.78 is 1.31. The van der Waals surface area contributed by atoms with Gasteiger partial charge in [0.25, 0.3) is 0 Å². The van der Waals surface area contributed by atoms with Crippen LogP contribution in [-0.2, 0) is 0 Å². The maximum absolute atomic E-state index is 6.14. The summed E-state index contributed by atoms with van der Waals surface area (Å²) in [5, 5.41) is 1.29. The summed E-state index contributed by atoms with van der Waals surface area (Å²) in [6, 6.07) is 10.7. The van der Waals surface area contributed by atoms with E-state index < -0.39 is 0 Å². The van der Waals surface area contributed by atoms with Crippen LogP contribution in [0.25, 0.3) is 10.1 Å². The summed E-state index contributed by atoms with van der Waals surface area (Å²) in [4.78, 5) is 1.26. The van der Waals surface area contributed by atoms with Gasteiger partial charge in [0.2, 0.25) is 0 Å². The van der Waals surface area contributed by atoms with Crippen molar-refractivity contribution in [3.05, 3.63) is 35.2 Å². The minimum Gasteiger partial charge on any atom is -0.323 e.